The molecule has 0 amide bonds. The van der Waals surface area contributed by atoms with E-state index in [1.165, 1.54) is 0 Å². The van der Waals surface area contributed by atoms with Gasteiger partial charge in [0.15, 0.2) is 11.5 Å². The highest BCUT2D eigenvalue weighted by molar-refractivity contribution is 5.38. The number of hydrogen-bond acceptors (Lipinski definition) is 3. The first-order valence-electron chi connectivity index (χ1n) is 5.95. The Balaban J connectivity index is 2.17. The molecule has 0 aromatic heterocycles. The molecule has 94 valence electrons. The van der Waals surface area contributed by atoms with Crippen LogP contribution in [0.3, 0.4) is 0 Å². The molecule has 0 radical (unpaired) electrons. The molecule has 2 rings (SSSR count). The van der Waals surface area contributed by atoms with Crippen molar-refractivity contribution >= 4 is 0 Å². The zero-order valence-electron chi connectivity index (χ0n) is 10.9. The molecule has 1 saturated heterocycles. The molecule has 0 bridgehead atoms. The van der Waals surface area contributed by atoms with E-state index in [9.17, 15) is 5.11 Å². The minimum atomic E-state index is -0.341. The van der Waals surface area contributed by atoms with E-state index >= 15 is 0 Å². The molecule has 1 aromatic carbocycles. The molecule has 1 aromatic rings. The Kier molecular flexibility index (Phi) is 2.82. The average molecular weight is 236 g/mol. The number of aromatic hydroxyl groups is 1. The summed E-state index contributed by atoms with van der Waals surface area (Å²) in [7, 11) is 0. The zero-order chi connectivity index (χ0) is 12.7. The quantitative estimate of drug-likeness (QED) is 0.857. The van der Waals surface area contributed by atoms with Crippen LogP contribution >= 0.6 is 0 Å². The molecule has 1 unspecified atom stereocenters. The van der Waals surface area contributed by atoms with Crippen LogP contribution in [0, 0.1) is 0 Å². The molecular formula is C14H20O3. The second-order valence-electron chi connectivity index (χ2n) is 5.74. The highest BCUT2D eigenvalue weighted by Crippen LogP contribution is 2.40. The third-order valence-electron chi connectivity index (χ3n) is 3.13. The van der Waals surface area contributed by atoms with Gasteiger partial charge in [0.1, 0.15) is 11.7 Å². The molecule has 1 heterocycles. The van der Waals surface area contributed by atoms with Gasteiger partial charge in [-0.15, -0.1) is 0 Å². The molecule has 1 N–H and O–H groups in total. The van der Waals surface area contributed by atoms with Crippen LogP contribution in [0.2, 0.25) is 0 Å². The molecule has 1 aliphatic heterocycles. The molecule has 1 atom stereocenters. The molecule has 3 nitrogen and oxygen atoms in total. The van der Waals surface area contributed by atoms with Gasteiger partial charge in [-0.1, -0.05) is 12.1 Å². The molecule has 0 aliphatic carbocycles. The van der Waals surface area contributed by atoms with E-state index in [2.05, 4.69) is 13.8 Å². The molecule has 0 spiro atoms. The van der Waals surface area contributed by atoms with Crippen molar-refractivity contribution in [1.29, 1.82) is 0 Å². The van der Waals surface area contributed by atoms with Crippen molar-refractivity contribution in [2.45, 2.75) is 51.4 Å². The van der Waals surface area contributed by atoms with E-state index in [1.807, 2.05) is 19.9 Å². The van der Waals surface area contributed by atoms with Crippen LogP contribution in [0.5, 0.6) is 11.5 Å². The number of benzene rings is 1. The standard InChI is InChI=1S/C14H20O3/c1-13(2)9-12(14(3,4)17-13)16-11-8-6-5-7-10(11)15/h5-8,12,15H,9H2,1-4H3. The van der Waals surface area contributed by atoms with Gasteiger partial charge in [0.25, 0.3) is 0 Å². The maximum absolute atomic E-state index is 9.71. The lowest BCUT2D eigenvalue weighted by molar-refractivity contribution is -0.0847. The van der Waals surface area contributed by atoms with E-state index < -0.39 is 0 Å². The Morgan fingerprint density at radius 1 is 1.24 bits per heavy atom. The number of hydrogen-bond donors (Lipinski definition) is 1. The van der Waals surface area contributed by atoms with Gasteiger partial charge in [-0.05, 0) is 39.8 Å². The Bertz CT molecular complexity index is 410. The smallest absolute Gasteiger partial charge is 0.161 e. The summed E-state index contributed by atoms with van der Waals surface area (Å²) in [5, 5.41) is 9.71. The topological polar surface area (TPSA) is 38.7 Å². The second kappa shape index (κ2) is 3.91. The third kappa shape index (κ3) is 2.55. The molecule has 0 saturated carbocycles. The van der Waals surface area contributed by atoms with E-state index in [0.29, 0.717) is 5.75 Å². The fourth-order valence-corrected chi connectivity index (χ4v) is 2.41. The van der Waals surface area contributed by atoms with Crippen molar-refractivity contribution in [3.05, 3.63) is 24.3 Å². The number of para-hydroxylation sites is 2. The van der Waals surface area contributed by atoms with Gasteiger partial charge in [0.05, 0.1) is 5.60 Å². The number of ether oxygens (including phenoxy) is 2. The van der Waals surface area contributed by atoms with Crippen LogP contribution in [-0.2, 0) is 4.74 Å². The van der Waals surface area contributed by atoms with Crippen molar-refractivity contribution in [1.82, 2.24) is 0 Å². The van der Waals surface area contributed by atoms with Gasteiger partial charge in [0, 0.05) is 6.42 Å². The van der Waals surface area contributed by atoms with Crippen molar-refractivity contribution in [3.63, 3.8) is 0 Å². The van der Waals surface area contributed by atoms with Crippen LogP contribution < -0.4 is 4.74 Å². The highest BCUT2D eigenvalue weighted by atomic mass is 16.6. The van der Waals surface area contributed by atoms with E-state index in [4.69, 9.17) is 9.47 Å². The molecular weight excluding hydrogens is 216 g/mol. The van der Waals surface area contributed by atoms with Gasteiger partial charge in [-0.25, -0.2) is 0 Å². The number of rotatable bonds is 2. The minimum Gasteiger partial charge on any atom is -0.504 e. The number of phenolic OH excluding ortho intramolecular Hbond substituents is 1. The Labute approximate surface area is 102 Å². The highest BCUT2D eigenvalue weighted by Gasteiger charge is 2.47. The fourth-order valence-electron chi connectivity index (χ4n) is 2.41. The van der Waals surface area contributed by atoms with Gasteiger partial charge in [-0.2, -0.15) is 0 Å². The minimum absolute atomic E-state index is 0.0502. The summed E-state index contributed by atoms with van der Waals surface area (Å²) in [5.41, 5.74) is -0.523. The normalized spacial score (nSPS) is 25.8. The average Bonchev–Trinajstić information content (AvgIpc) is 2.38. The van der Waals surface area contributed by atoms with Crippen LogP contribution in [0.25, 0.3) is 0 Å². The molecule has 17 heavy (non-hydrogen) atoms. The summed E-state index contributed by atoms with van der Waals surface area (Å²) < 4.78 is 11.8. The van der Waals surface area contributed by atoms with Crippen LogP contribution in [0.15, 0.2) is 24.3 Å². The zero-order valence-corrected chi connectivity index (χ0v) is 10.9. The summed E-state index contributed by atoms with van der Waals surface area (Å²) >= 11 is 0. The van der Waals surface area contributed by atoms with Crippen LogP contribution in [0.4, 0.5) is 0 Å². The first-order valence-corrected chi connectivity index (χ1v) is 5.95. The lowest BCUT2D eigenvalue weighted by atomic mass is 9.97. The Hall–Kier alpha value is -1.22. The maximum Gasteiger partial charge on any atom is 0.161 e. The lowest BCUT2D eigenvalue weighted by Gasteiger charge is -2.27. The van der Waals surface area contributed by atoms with Crippen molar-refractivity contribution < 1.29 is 14.6 Å². The Morgan fingerprint density at radius 3 is 2.41 bits per heavy atom. The predicted molar refractivity (Wildman–Crippen MR) is 66.4 cm³/mol. The van der Waals surface area contributed by atoms with Crippen LogP contribution in [0.1, 0.15) is 34.1 Å². The SMILES string of the molecule is CC1(C)CC(Oc2ccccc2O)C(C)(C)O1. The summed E-state index contributed by atoms with van der Waals surface area (Å²) in [6.45, 7) is 8.16. The van der Waals surface area contributed by atoms with Gasteiger partial charge < -0.3 is 14.6 Å². The van der Waals surface area contributed by atoms with E-state index in [1.54, 1.807) is 18.2 Å². The molecule has 1 fully saturated rings. The second-order valence-corrected chi connectivity index (χ2v) is 5.74. The largest absolute Gasteiger partial charge is 0.504 e. The lowest BCUT2D eigenvalue weighted by Crippen LogP contribution is -2.36. The first-order chi connectivity index (χ1) is 7.80. The van der Waals surface area contributed by atoms with Crippen molar-refractivity contribution in [2.24, 2.45) is 0 Å². The van der Waals surface area contributed by atoms with Gasteiger partial charge >= 0.3 is 0 Å². The predicted octanol–water partition coefficient (Wildman–Crippen LogP) is 3.12. The van der Waals surface area contributed by atoms with Gasteiger partial charge in [0.2, 0.25) is 0 Å². The third-order valence-corrected chi connectivity index (χ3v) is 3.13. The van der Waals surface area contributed by atoms with Crippen LogP contribution in [-0.4, -0.2) is 22.4 Å². The molecule has 1 aliphatic rings. The number of phenols is 1. The summed E-state index contributed by atoms with van der Waals surface area (Å²) in [4.78, 5) is 0. The maximum atomic E-state index is 9.71. The molecule has 3 heteroatoms. The first kappa shape index (κ1) is 12.2. The van der Waals surface area contributed by atoms with E-state index in [0.717, 1.165) is 6.42 Å². The van der Waals surface area contributed by atoms with Gasteiger partial charge in [-0.3, -0.25) is 0 Å². The van der Waals surface area contributed by atoms with Crippen molar-refractivity contribution in [3.8, 4) is 11.5 Å². The monoisotopic (exact) mass is 236 g/mol. The van der Waals surface area contributed by atoms with Crippen molar-refractivity contribution in [2.75, 3.05) is 0 Å². The fraction of sp³-hybridized carbons (Fsp3) is 0.571. The Morgan fingerprint density at radius 2 is 1.88 bits per heavy atom. The summed E-state index contributed by atoms with van der Waals surface area (Å²) in [5.74, 6) is 0.694. The van der Waals surface area contributed by atoms with E-state index in [-0.39, 0.29) is 23.1 Å². The summed E-state index contributed by atoms with van der Waals surface area (Å²) in [6, 6.07) is 7.03. The summed E-state index contributed by atoms with van der Waals surface area (Å²) in [6.07, 6.45) is 0.764.